The summed E-state index contributed by atoms with van der Waals surface area (Å²) < 4.78 is 4.64. The molecule has 1 fully saturated rings. The Labute approximate surface area is 139 Å². The summed E-state index contributed by atoms with van der Waals surface area (Å²) in [7, 11) is 0. The van der Waals surface area contributed by atoms with Gasteiger partial charge in [0, 0.05) is 18.0 Å². The predicted octanol–water partition coefficient (Wildman–Crippen LogP) is 2.95. The van der Waals surface area contributed by atoms with Gasteiger partial charge in [-0.3, -0.25) is 4.79 Å². The lowest BCUT2D eigenvalue weighted by Crippen LogP contribution is -2.62. The van der Waals surface area contributed by atoms with Crippen LogP contribution in [0.2, 0.25) is 0 Å². The van der Waals surface area contributed by atoms with Gasteiger partial charge in [-0.25, -0.2) is 4.79 Å². The van der Waals surface area contributed by atoms with Gasteiger partial charge in [0.15, 0.2) is 0 Å². The zero-order valence-electron chi connectivity index (χ0n) is 13.4. The lowest BCUT2D eigenvalue weighted by Gasteiger charge is -2.48. The number of hydrogen-bond donors (Lipinski definition) is 2. The van der Waals surface area contributed by atoms with E-state index >= 15 is 0 Å². The molecular formula is C16H21NO5S. The predicted molar refractivity (Wildman–Crippen MR) is 86.8 cm³/mol. The number of thioether (sulfide) groups is 1. The number of benzene rings is 1. The van der Waals surface area contributed by atoms with E-state index in [2.05, 4.69) is 0 Å². The van der Waals surface area contributed by atoms with Crippen molar-refractivity contribution in [1.29, 1.82) is 0 Å². The molecule has 0 bridgehead atoms. The molecule has 1 amide bonds. The van der Waals surface area contributed by atoms with Crippen LogP contribution in [0.3, 0.4) is 0 Å². The van der Waals surface area contributed by atoms with E-state index in [-0.39, 0.29) is 25.3 Å². The zero-order chi connectivity index (χ0) is 17.3. The number of carbonyl (C=O) groups is 2. The van der Waals surface area contributed by atoms with Gasteiger partial charge in [0.1, 0.15) is 11.4 Å². The molecule has 1 aliphatic heterocycles. The van der Waals surface area contributed by atoms with Crippen LogP contribution in [0, 0.1) is 0 Å². The first-order valence-electron chi connectivity index (χ1n) is 7.27. The molecule has 2 rings (SSSR count). The summed E-state index contributed by atoms with van der Waals surface area (Å²) in [5.41, 5.74) is -0.590. The second-order valence-corrected chi connectivity index (χ2v) is 8.17. The van der Waals surface area contributed by atoms with E-state index < -0.39 is 22.4 Å². The summed E-state index contributed by atoms with van der Waals surface area (Å²) in [5, 5.41) is 19.0. The first-order valence-corrected chi connectivity index (χ1v) is 8.09. The van der Waals surface area contributed by atoms with Crippen molar-refractivity contribution in [2.45, 2.75) is 42.4 Å². The van der Waals surface area contributed by atoms with E-state index in [1.807, 2.05) is 0 Å². The van der Waals surface area contributed by atoms with Crippen molar-refractivity contribution in [2.75, 3.05) is 13.1 Å². The molecule has 0 aliphatic carbocycles. The van der Waals surface area contributed by atoms with Crippen molar-refractivity contribution >= 4 is 23.8 Å². The minimum atomic E-state index is -0.934. The van der Waals surface area contributed by atoms with E-state index in [1.54, 1.807) is 45.0 Å². The maximum Gasteiger partial charge on any atom is 0.410 e. The highest BCUT2D eigenvalue weighted by atomic mass is 32.2. The number of carboxylic acids is 1. The van der Waals surface area contributed by atoms with Crippen LogP contribution in [0.4, 0.5) is 4.79 Å². The summed E-state index contributed by atoms with van der Waals surface area (Å²) in [6, 6.07) is 6.78. The standard InChI is InChI=1S/C16H21NO5S/c1-15(2,3)22-14(21)17-9-16(10-17,8-13(19)20)23-12-7-5-4-6-11(12)18/h4-7,18H,8-10H2,1-3H3,(H,19,20). The molecule has 2 N–H and O–H groups in total. The Balaban J connectivity index is 2.08. The summed E-state index contributed by atoms with van der Waals surface area (Å²) in [5.74, 6) is -0.824. The highest BCUT2D eigenvalue weighted by Crippen LogP contribution is 2.45. The quantitative estimate of drug-likeness (QED) is 0.877. The molecule has 0 unspecified atom stereocenters. The molecule has 0 aromatic heterocycles. The maximum atomic E-state index is 12.0. The van der Waals surface area contributed by atoms with Gasteiger partial charge >= 0.3 is 12.1 Å². The summed E-state index contributed by atoms with van der Waals surface area (Å²) in [4.78, 5) is 25.3. The number of hydrogen-bond acceptors (Lipinski definition) is 5. The van der Waals surface area contributed by atoms with Gasteiger partial charge in [0.05, 0.1) is 11.2 Å². The average molecular weight is 339 g/mol. The summed E-state index contributed by atoms with van der Waals surface area (Å²) >= 11 is 1.29. The van der Waals surface area contributed by atoms with Gasteiger partial charge < -0.3 is 19.8 Å². The van der Waals surface area contributed by atoms with Crippen LogP contribution in [-0.4, -0.2) is 50.6 Å². The molecule has 1 aromatic rings. The Morgan fingerprint density at radius 2 is 1.91 bits per heavy atom. The number of aromatic hydroxyl groups is 1. The van der Waals surface area contributed by atoms with Gasteiger partial charge in [-0.1, -0.05) is 12.1 Å². The number of phenols is 1. The number of ether oxygens (including phenoxy) is 1. The fraction of sp³-hybridized carbons (Fsp3) is 0.500. The Kier molecular flexibility index (Phi) is 4.79. The Hall–Kier alpha value is -1.89. The Morgan fingerprint density at radius 1 is 1.30 bits per heavy atom. The van der Waals surface area contributed by atoms with Crippen LogP contribution in [0.25, 0.3) is 0 Å². The fourth-order valence-corrected chi connectivity index (χ4v) is 3.79. The lowest BCUT2D eigenvalue weighted by molar-refractivity contribution is -0.138. The van der Waals surface area contributed by atoms with Crippen LogP contribution in [0.15, 0.2) is 29.2 Å². The van der Waals surface area contributed by atoms with Gasteiger partial charge in [0.25, 0.3) is 0 Å². The second-order valence-electron chi connectivity index (χ2n) is 6.66. The van der Waals surface area contributed by atoms with Gasteiger partial charge in [-0.15, -0.1) is 11.8 Å². The number of phenolic OH excluding ortho intramolecular Hbond substituents is 1. The highest BCUT2D eigenvalue weighted by Gasteiger charge is 2.49. The van der Waals surface area contributed by atoms with Crippen LogP contribution >= 0.6 is 11.8 Å². The van der Waals surface area contributed by atoms with Crippen LogP contribution < -0.4 is 0 Å². The van der Waals surface area contributed by atoms with Crippen LogP contribution in [0.5, 0.6) is 5.75 Å². The smallest absolute Gasteiger partial charge is 0.410 e. The topological polar surface area (TPSA) is 87.1 Å². The zero-order valence-corrected chi connectivity index (χ0v) is 14.2. The van der Waals surface area contributed by atoms with E-state index in [0.717, 1.165) is 0 Å². The number of carbonyl (C=O) groups excluding carboxylic acids is 1. The second kappa shape index (κ2) is 6.31. The van der Waals surface area contributed by atoms with E-state index in [4.69, 9.17) is 9.84 Å². The Morgan fingerprint density at radius 3 is 2.43 bits per heavy atom. The lowest BCUT2D eigenvalue weighted by atomic mass is 9.95. The van der Waals surface area contributed by atoms with E-state index in [1.165, 1.54) is 16.7 Å². The fourth-order valence-electron chi connectivity index (χ4n) is 2.37. The van der Waals surface area contributed by atoms with Crippen molar-refractivity contribution in [3.05, 3.63) is 24.3 Å². The number of likely N-dealkylation sites (tertiary alicyclic amines) is 1. The highest BCUT2D eigenvalue weighted by molar-refractivity contribution is 8.01. The SMILES string of the molecule is CC(C)(C)OC(=O)N1CC(CC(=O)O)(Sc2ccccc2O)C1. The molecule has 1 aliphatic rings. The largest absolute Gasteiger partial charge is 0.507 e. The molecule has 126 valence electrons. The third-order valence-corrected chi connectivity index (χ3v) is 4.68. The third kappa shape index (κ3) is 4.54. The number of carboxylic acid groups (broad SMARTS) is 1. The van der Waals surface area contributed by atoms with Crippen molar-refractivity contribution in [3.63, 3.8) is 0 Å². The van der Waals surface area contributed by atoms with Crippen molar-refractivity contribution in [3.8, 4) is 5.75 Å². The Bertz CT molecular complexity index is 605. The monoisotopic (exact) mass is 339 g/mol. The molecule has 0 atom stereocenters. The molecule has 6 nitrogen and oxygen atoms in total. The third-order valence-electron chi connectivity index (χ3n) is 3.27. The molecule has 1 heterocycles. The molecule has 0 spiro atoms. The number of rotatable bonds is 4. The minimum absolute atomic E-state index is 0.0920. The first kappa shape index (κ1) is 17.5. The van der Waals surface area contributed by atoms with Gasteiger partial charge in [0.2, 0.25) is 0 Å². The van der Waals surface area contributed by atoms with Crippen molar-refractivity contribution in [2.24, 2.45) is 0 Å². The molecular weight excluding hydrogens is 318 g/mol. The summed E-state index contributed by atoms with van der Waals surface area (Å²) in [6.45, 7) is 5.89. The van der Waals surface area contributed by atoms with Gasteiger partial charge in [-0.2, -0.15) is 0 Å². The molecule has 0 radical (unpaired) electrons. The number of nitrogens with zero attached hydrogens (tertiary/aromatic N) is 1. The average Bonchev–Trinajstić information content (AvgIpc) is 2.35. The minimum Gasteiger partial charge on any atom is -0.507 e. The molecule has 23 heavy (non-hydrogen) atoms. The van der Waals surface area contributed by atoms with Crippen LogP contribution in [0.1, 0.15) is 27.2 Å². The normalized spacial score (nSPS) is 16.6. The molecule has 0 saturated carbocycles. The van der Waals surface area contributed by atoms with Crippen molar-refractivity contribution in [1.82, 2.24) is 4.90 Å². The molecule has 7 heteroatoms. The van der Waals surface area contributed by atoms with Gasteiger partial charge in [-0.05, 0) is 32.9 Å². The van der Waals surface area contributed by atoms with Crippen molar-refractivity contribution < 1.29 is 24.5 Å². The maximum absolute atomic E-state index is 12.0. The molecule has 1 saturated heterocycles. The number of amides is 1. The first-order chi connectivity index (χ1) is 10.6. The molecule has 1 aromatic carbocycles. The van der Waals surface area contributed by atoms with E-state index in [0.29, 0.717) is 4.90 Å². The number of aliphatic carboxylic acids is 1. The van der Waals surface area contributed by atoms with Crippen LogP contribution in [-0.2, 0) is 9.53 Å². The number of para-hydroxylation sites is 1. The van der Waals surface area contributed by atoms with E-state index in [9.17, 15) is 14.7 Å². The summed E-state index contributed by atoms with van der Waals surface area (Å²) in [6.07, 6.45) is -0.540.